The van der Waals surface area contributed by atoms with E-state index in [0.29, 0.717) is 5.92 Å². The van der Waals surface area contributed by atoms with Gasteiger partial charge >= 0.3 is 0 Å². The largest absolute Gasteiger partial charge is 0.496 e. The zero-order chi connectivity index (χ0) is 13.9. The highest BCUT2D eigenvalue weighted by Crippen LogP contribution is 2.44. The third-order valence-corrected chi connectivity index (χ3v) is 5.00. The van der Waals surface area contributed by atoms with Crippen LogP contribution in [0.3, 0.4) is 0 Å². The van der Waals surface area contributed by atoms with Crippen LogP contribution < -0.4 is 10.1 Å². The first kappa shape index (κ1) is 13.5. The Hall–Kier alpha value is -1.45. The van der Waals surface area contributed by atoms with E-state index in [9.17, 15) is 0 Å². The van der Waals surface area contributed by atoms with Crippen molar-refractivity contribution in [3.63, 3.8) is 0 Å². The molecule has 3 heteroatoms. The van der Waals surface area contributed by atoms with E-state index in [0.717, 1.165) is 18.0 Å². The Labute approximate surface area is 124 Å². The fourth-order valence-electron chi connectivity index (χ4n) is 2.87. The normalized spacial score (nSPS) is 17.0. The second kappa shape index (κ2) is 5.90. The van der Waals surface area contributed by atoms with Crippen LogP contribution in [-0.4, -0.2) is 20.7 Å². The maximum Gasteiger partial charge on any atom is 0.132 e. The molecule has 1 N–H and O–H groups in total. The number of ether oxygens (including phenoxy) is 1. The minimum atomic E-state index is 0.385. The van der Waals surface area contributed by atoms with Gasteiger partial charge in [0.05, 0.1) is 12.0 Å². The smallest absolute Gasteiger partial charge is 0.132 e. The van der Waals surface area contributed by atoms with E-state index in [1.165, 1.54) is 21.6 Å². The summed E-state index contributed by atoms with van der Waals surface area (Å²) in [4.78, 5) is 1.28. The molecule has 0 aromatic heterocycles. The second-order valence-corrected chi connectivity index (χ2v) is 5.96. The average molecular weight is 285 g/mol. The van der Waals surface area contributed by atoms with Crippen LogP contribution in [0.4, 0.5) is 0 Å². The summed E-state index contributed by atoms with van der Waals surface area (Å²) in [6, 6.07) is 15.1. The lowest BCUT2D eigenvalue weighted by atomic mass is 9.88. The van der Waals surface area contributed by atoms with Crippen molar-refractivity contribution in [2.75, 3.05) is 20.7 Å². The van der Waals surface area contributed by atoms with Gasteiger partial charge in [0.15, 0.2) is 0 Å². The molecule has 0 saturated carbocycles. The van der Waals surface area contributed by atoms with Crippen LogP contribution in [0, 0.1) is 0 Å². The lowest BCUT2D eigenvalue weighted by Gasteiger charge is -2.20. The Morgan fingerprint density at radius 3 is 2.75 bits per heavy atom. The third-order valence-electron chi connectivity index (χ3n) is 3.82. The van der Waals surface area contributed by atoms with Crippen LogP contribution >= 0.6 is 11.8 Å². The lowest BCUT2D eigenvalue weighted by Crippen LogP contribution is -2.19. The van der Waals surface area contributed by atoms with Gasteiger partial charge in [0.1, 0.15) is 5.75 Å². The van der Waals surface area contributed by atoms with Crippen molar-refractivity contribution in [2.24, 2.45) is 0 Å². The SMILES string of the molecule is CNC[C@H]1c2ccccc2CSc2c(OC)cccc21. The Bertz CT molecular complexity index is 612. The maximum atomic E-state index is 5.55. The number of nitrogens with one attached hydrogen (secondary N) is 1. The summed E-state index contributed by atoms with van der Waals surface area (Å²) in [7, 11) is 3.77. The highest BCUT2D eigenvalue weighted by molar-refractivity contribution is 7.98. The van der Waals surface area contributed by atoms with E-state index in [-0.39, 0.29) is 0 Å². The van der Waals surface area contributed by atoms with E-state index in [2.05, 4.69) is 47.8 Å². The zero-order valence-electron chi connectivity index (χ0n) is 11.8. The molecule has 1 aliphatic rings. The van der Waals surface area contributed by atoms with E-state index in [1.807, 2.05) is 18.8 Å². The van der Waals surface area contributed by atoms with E-state index < -0.39 is 0 Å². The van der Waals surface area contributed by atoms with E-state index in [1.54, 1.807) is 7.11 Å². The molecule has 0 fully saturated rings. The van der Waals surface area contributed by atoms with Crippen molar-refractivity contribution in [1.29, 1.82) is 0 Å². The monoisotopic (exact) mass is 285 g/mol. The quantitative estimate of drug-likeness (QED) is 0.930. The Morgan fingerprint density at radius 1 is 1.15 bits per heavy atom. The fraction of sp³-hybridized carbons (Fsp3) is 0.294. The van der Waals surface area contributed by atoms with E-state index >= 15 is 0 Å². The van der Waals surface area contributed by atoms with E-state index in [4.69, 9.17) is 4.74 Å². The summed E-state index contributed by atoms with van der Waals surface area (Å²) in [6.07, 6.45) is 0. The zero-order valence-corrected chi connectivity index (χ0v) is 12.7. The Kier molecular flexibility index (Phi) is 3.99. The Balaban J connectivity index is 2.17. The van der Waals surface area contributed by atoms with Crippen molar-refractivity contribution < 1.29 is 4.74 Å². The molecule has 2 nitrogen and oxygen atoms in total. The van der Waals surface area contributed by atoms with Gasteiger partial charge in [0.2, 0.25) is 0 Å². The number of likely N-dealkylation sites (N-methyl/N-ethyl adjacent to an activating group) is 1. The first-order chi connectivity index (χ1) is 9.85. The first-order valence-electron chi connectivity index (χ1n) is 6.87. The highest BCUT2D eigenvalue weighted by Gasteiger charge is 2.25. The molecule has 0 unspecified atom stereocenters. The molecule has 0 amide bonds. The lowest BCUT2D eigenvalue weighted by molar-refractivity contribution is 0.403. The molecule has 1 aliphatic heterocycles. The predicted molar refractivity (Wildman–Crippen MR) is 84.8 cm³/mol. The van der Waals surface area contributed by atoms with Crippen molar-refractivity contribution >= 4 is 11.8 Å². The van der Waals surface area contributed by atoms with Gasteiger partial charge in [-0.05, 0) is 29.8 Å². The molecule has 0 radical (unpaired) electrons. The summed E-state index contributed by atoms with van der Waals surface area (Å²) in [5.74, 6) is 2.38. The van der Waals surface area contributed by atoms with Gasteiger partial charge in [-0.3, -0.25) is 0 Å². The van der Waals surface area contributed by atoms with Crippen molar-refractivity contribution in [3.8, 4) is 5.75 Å². The molecule has 1 atom stereocenters. The molecular formula is C17H19NOS. The predicted octanol–water partition coefficient (Wildman–Crippen LogP) is 3.65. The van der Waals surface area contributed by atoms with Crippen molar-refractivity contribution in [2.45, 2.75) is 16.6 Å². The number of fused-ring (bicyclic) bond motifs is 2. The molecule has 2 aromatic rings. The summed E-state index contributed by atoms with van der Waals surface area (Å²) < 4.78 is 5.55. The van der Waals surface area contributed by atoms with Gasteiger partial charge in [0, 0.05) is 18.2 Å². The van der Waals surface area contributed by atoms with Crippen molar-refractivity contribution in [3.05, 3.63) is 59.2 Å². The molecule has 2 aromatic carbocycles. The topological polar surface area (TPSA) is 21.3 Å². The molecule has 0 saturated heterocycles. The minimum Gasteiger partial charge on any atom is -0.496 e. The first-order valence-corrected chi connectivity index (χ1v) is 7.85. The highest BCUT2D eigenvalue weighted by atomic mass is 32.2. The molecule has 0 bridgehead atoms. The summed E-state index contributed by atoms with van der Waals surface area (Å²) in [5.41, 5.74) is 4.23. The van der Waals surface area contributed by atoms with Crippen LogP contribution in [0.1, 0.15) is 22.6 Å². The van der Waals surface area contributed by atoms with Crippen LogP contribution in [0.15, 0.2) is 47.4 Å². The fourth-order valence-corrected chi connectivity index (χ4v) is 4.10. The van der Waals surface area contributed by atoms with Gasteiger partial charge in [-0.25, -0.2) is 0 Å². The maximum absolute atomic E-state index is 5.55. The van der Waals surface area contributed by atoms with Crippen LogP contribution in [0.5, 0.6) is 5.75 Å². The van der Waals surface area contributed by atoms with Crippen LogP contribution in [0.2, 0.25) is 0 Å². The number of methoxy groups -OCH3 is 1. The number of thioether (sulfide) groups is 1. The average Bonchev–Trinajstić information content (AvgIpc) is 2.65. The molecule has 1 heterocycles. The number of benzene rings is 2. The minimum absolute atomic E-state index is 0.385. The summed E-state index contributed by atoms with van der Waals surface area (Å²) >= 11 is 1.88. The van der Waals surface area contributed by atoms with Crippen molar-refractivity contribution in [1.82, 2.24) is 5.32 Å². The second-order valence-electron chi connectivity index (χ2n) is 4.98. The van der Waals surface area contributed by atoms with Gasteiger partial charge in [-0.15, -0.1) is 11.8 Å². The van der Waals surface area contributed by atoms with Gasteiger partial charge in [0.25, 0.3) is 0 Å². The third kappa shape index (κ3) is 2.32. The molecule has 0 spiro atoms. The summed E-state index contributed by atoms with van der Waals surface area (Å²) in [5, 5.41) is 3.33. The Morgan fingerprint density at radius 2 is 1.95 bits per heavy atom. The standard InChI is InChI=1S/C17H19NOS/c1-18-10-15-13-7-4-3-6-12(13)11-20-17-14(15)8-5-9-16(17)19-2/h3-9,15,18H,10-11H2,1-2H3/t15-/m0/s1. The molecule has 20 heavy (non-hydrogen) atoms. The number of hydrogen-bond donors (Lipinski definition) is 1. The summed E-state index contributed by atoms with van der Waals surface area (Å²) in [6.45, 7) is 0.942. The number of rotatable bonds is 3. The van der Waals surface area contributed by atoms with Crippen LogP contribution in [0.25, 0.3) is 0 Å². The van der Waals surface area contributed by atoms with Crippen LogP contribution in [-0.2, 0) is 5.75 Å². The molecular weight excluding hydrogens is 266 g/mol. The van der Waals surface area contributed by atoms with Gasteiger partial charge in [-0.1, -0.05) is 36.4 Å². The molecule has 3 rings (SSSR count). The van der Waals surface area contributed by atoms with Gasteiger partial charge in [-0.2, -0.15) is 0 Å². The van der Waals surface area contributed by atoms with Gasteiger partial charge < -0.3 is 10.1 Å². The molecule has 0 aliphatic carbocycles. The number of hydrogen-bond acceptors (Lipinski definition) is 3. The molecule has 104 valence electrons.